The van der Waals surface area contributed by atoms with E-state index < -0.39 is 5.97 Å². The average Bonchev–Trinajstić information content (AvgIpc) is 3.07. The number of rotatable bonds is 6. The van der Waals surface area contributed by atoms with E-state index in [1.165, 1.54) is 0 Å². The van der Waals surface area contributed by atoms with Crippen molar-refractivity contribution in [3.63, 3.8) is 0 Å². The maximum absolute atomic E-state index is 12.0. The number of benzene rings is 1. The molecule has 0 aliphatic rings. The molecule has 2 rings (SSSR count). The molecule has 0 aliphatic heterocycles. The number of nitrogens with one attached hydrogen (secondary N) is 2. The van der Waals surface area contributed by atoms with Crippen molar-refractivity contribution in [3.05, 3.63) is 53.9 Å². The molecule has 1 amide bonds. The molecule has 0 saturated carbocycles. The van der Waals surface area contributed by atoms with Gasteiger partial charge >= 0.3 is 5.97 Å². The minimum absolute atomic E-state index is 0.313. The first kappa shape index (κ1) is 15.8. The monoisotopic (exact) mass is 300 g/mol. The Morgan fingerprint density at radius 2 is 2.00 bits per heavy atom. The lowest BCUT2D eigenvalue weighted by Crippen LogP contribution is -2.21. The minimum Gasteiger partial charge on any atom is -0.451 e. The molecule has 5 nitrogen and oxygen atoms in total. The van der Waals surface area contributed by atoms with Crippen LogP contribution in [0.1, 0.15) is 42.2 Å². The van der Waals surface area contributed by atoms with Crippen molar-refractivity contribution < 1.29 is 14.3 Å². The van der Waals surface area contributed by atoms with Gasteiger partial charge in [0.05, 0.1) is 0 Å². The SMILES string of the molecule is CC[C@@H](C)c1ccccc1NC(=O)COC(=O)c1ccc[nH]1. The van der Waals surface area contributed by atoms with E-state index >= 15 is 0 Å². The van der Waals surface area contributed by atoms with Crippen LogP contribution in [0.25, 0.3) is 0 Å². The Morgan fingerprint density at radius 1 is 1.23 bits per heavy atom. The molecule has 22 heavy (non-hydrogen) atoms. The number of para-hydroxylation sites is 1. The predicted molar refractivity (Wildman–Crippen MR) is 84.9 cm³/mol. The highest BCUT2D eigenvalue weighted by Gasteiger charge is 2.13. The van der Waals surface area contributed by atoms with E-state index in [1.807, 2.05) is 24.3 Å². The van der Waals surface area contributed by atoms with Crippen molar-refractivity contribution in [1.82, 2.24) is 4.98 Å². The molecule has 0 saturated heterocycles. The summed E-state index contributed by atoms with van der Waals surface area (Å²) in [6.45, 7) is 3.89. The Hall–Kier alpha value is -2.56. The van der Waals surface area contributed by atoms with Crippen LogP contribution in [0.5, 0.6) is 0 Å². The van der Waals surface area contributed by atoms with Crippen molar-refractivity contribution in [2.45, 2.75) is 26.2 Å². The summed E-state index contributed by atoms with van der Waals surface area (Å²) in [4.78, 5) is 26.3. The third-order valence-corrected chi connectivity index (χ3v) is 3.53. The number of anilines is 1. The van der Waals surface area contributed by atoms with Crippen molar-refractivity contribution >= 4 is 17.6 Å². The standard InChI is InChI=1S/C17H20N2O3/c1-3-12(2)13-7-4-5-8-14(13)19-16(20)11-22-17(21)15-9-6-10-18-15/h4-10,12,18H,3,11H2,1-2H3,(H,19,20)/t12-/m1/s1. The zero-order valence-electron chi connectivity index (χ0n) is 12.8. The maximum Gasteiger partial charge on any atom is 0.355 e. The number of amides is 1. The Labute approximate surface area is 129 Å². The summed E-state index contributed by atoms with van der Waals surface area (Å²) in [6, 6.07) is 11.0. The normalized spacial score (nSPS) is 11.7. The molecule has 1 atom stereocenters. The van der Waals surface area contributed by atoms with Crippen molar-refractivity contribution in [2.24, 2.45) is 0 Å². The van der Waals surface area contributed by atoms with Gasteiger partial charge in [0.2, 0.25) is 0 Å². The van der Waals surface area contributed by atoms with Crippen LogP contribution in [-0.4, -0.2) is 23.5 Å². The molecular weight excluding hydrogens is 280 g/mol. The Bertz CT molecular complexity index is 635. The van der Waals surface area contributed by atoms with Gasteiger partial charge in [0.25, 0.3) is 5.91 Å². The Kier molecular flexibility index (Phi) is 5.36. The summed E-state index contributed by atoms with van der Waals surface area (Å²) in [5.74, 6) is -0.552. The van der Waals surface area contributed by atoms with Crippen LogP contribution in [0.4, 0.5) is 5.69 Å². The quantitative estimate of drug-likeness (QED) is 0.804. The zero-order valence-corrected chi connectivity index (χ0v) is 12.8. The van der Waals surface area contributed by atoms with Crippen LogP contribution in [0.3, 0.4) is 0 Å². The second-order valence-corrected chi connectivity index (χ2v) is 5.10. The maximum atomic E-state index is 12.0. The summed E-state index contributed by atoms with van der Waals surface area (Å²) in [5.41, 5.74) is 2.17. The summed E-state index contributed by atoms with van der Waals surface area (Å²) in [6.07, 6.45) is 2.60. The first-order valence-electron chi connectivity index (χ1n) is 7.31. The van der Waals surface area contributed by atoms with Gasteiger partial charge in [-0.15, -0.1) is 0 Å². The molecule has 1 heterocycles. The van der Waals surface area contributed by atoms with E-state index in [9.17, 15) is 9.59 Å². The first-order chi connectivity index (χ1) is 10.6. The Balaban J connectivity index is 1.94. The van der Waals surface area contributed by atoms with Gasteiger partial charge in [0.1, 0.15) is 5.69 Å². The van der Waals surface area contributed by atoms with Gasteiger partial charge in [0.15, 0.2) is 6.61 Å². The van der Waals surface area contributed by atoms with Gasteiger partial charge in [-0.05, 0) is 36.1 Å². The Morgan fingerprint density at radius 3 is 2.68 bits per heavy atom. The molecule has 1 aromatic carbocycles. The topological polar surface area (TPSA) is 71.2 Å². The first-order valence-corrected chi connectivity index (χ1v) is 7.31. The molecule has 0 unspecified atom stereocenters. The molecule has 5 heteroatoms. The number of esters is 1. The van der Waals surface area contributed by atoms with Crippen molar-refractivity contribution in [3.8, 4) is 0 Å². The number of hydrogen-bond donors (Lipinski definition) is 2. The van der Waals surface area contributed by atoms with E-state index in [4.69, 9.17) is 4.74 Å². The molecule has 0 radical (unpaired) electrons. The highest BCUT2D eigenvalue weighted by molar-refractivity contribution is 5.95. The number of carbonyl (C=O) groups excluding carboxylic acids is 2. The fourth-order valence-corrected chi connectivity index (χ4v) is 2.11. The fourth-order valence-electron chi connectivity index (χ4n) is 2.11. The predicted octanol–water partition coefficient (Wildman–Crippen LogP) is 3.32. The third-order valence-electron chi connectivity index (χ3n) is 3.53. The van der Waals surface area contributed by atoms with E-state index in [-0.39, 0.29) is 12.5 Å². The second-order valence-electron chi connectivity index (χ2n) is 5.10. The third kappa shape index (κ3) is 3.97. The van der Waals surface area contributed by atoms with Crippen LogP contribution in [0, 0.1) is 0 Å². The summed E-state index contributed by atoms with van der Waals surface area (Å²) >= 11 is 0. The molecular formula is C17H20N2O3. The molecule has 116 valence electrons. The van der Waals surface area contributed by atoms with Crippen molar-refractivity contribution in [1.29, 1.82) is 0 Å². The van der Waals surface area contributed by atoms with Gasteiger partial charge in [-0.25, -0.2) is 4.79 Å². The number of carbonyl (C=O) groups is 2. The lowest BCUT2D eigenvalue weighted by molar-refractivity contribution is -0.119. The zero-order chi connectivity index (χ0) is 15.9. The van der Waals surface area contributed by atoms with Gasteiger partial charge in [-0.1, -0.05) is 32.0 Å². The van der Waals surface area contributed by atoms with Gasteiger partial charge in [0, 0.05) is 11.9 Å². The molecule has 0 fully saturated rings. The number of aromatic nitrogens is 1. The summed E-state index contributed by atoms with van der Waals surface area (Å²) in [5, 5.41) is 2.80. The minimum atomic E-state index is -0.546. The molecule has 2 N–H and O–H groups in total. The number of ether oxygens (including phenoxy) is 1. The van der Waals surface area contributed by atoms with Crippen molar-refractivity contribution in [2.75, 3.05) is 11.9 Å². The van der Waals surface area contributed by atoms with Crippen LogP contribution in [-0.2, 0) is 9.53 Å². The van der Waals surface area contributed by atoms with E-state index in [0.29, 0.717) is 11.6 Å². The highest BCUT2D eigenvalue weighted by Crippen LogP contribution is 2.26. The largest absolute Gasteiger partial charge is 0.451 e. The summed E-state index contributed by atoms with van der Waals surface area (Å²) in [7, 11) is 0. The molecule has 0 aliphatic carbocycles. The smallest absolute Gasteiger partial charge is 0.355 e. The average molecular weight is 300 g/mol. The van der Waals surface area contributed by atoms with Gasteiger partial charge in [-0.3, -0.25) is 4.79 Å². The van der Waals surface area contributed by atoms with E-state index in [2.05, 4.69) is 24.1 Å². The van der Waals surface area contributed by atoms with Crippen LogP contribution < -0.4 is 5.32 Å². The molecule has 0 spiro atoms. The van der Waals surface area contributed by atoms with Crippen LogP contribution in [0.2, 0.25) is 0 Å². The lowest BCUT2D eigenvalue weighted by Gasteiger charge is -2.15. The number of hydrogen-bond acceptors (Lipinski definition) is 3. The van der Waals surface area contributed by atoms with Gasteiger partial charge in [-0.2, -0.15) is 0 Å². The van der Waals surface area contributed by atoms with E-state index in [0.717, 1.165) is 17.7 Å². The van der Waals surface area contributed by atoms with Gasteiger partial charge < -0.3 is 15.0 Å². The molecule has 1 aromatic heterocycles. The highest BCUT2D eigenvalue weighted by atomic mass is 16.5. The number of aromatic amines is 1. The number of H-pyrrole nitrogens is 1. The summed E-state index contributed by atoms with van der Waals surface area (Å²) < 4.78 is 4.96. The molecule has 2 aromatic rings. The second kappa shape index (κ2) is 7.45. The molecule has 0 bridgehead atoms. The lowest BCUT2D eigenvalue weighted by atomic mass is 9.97. The van der Waals surface area contributed by atoms with Crippen LogP contribution in [0.15, 0.2) is 42.6 Å². The van der Waals surface area contributed by atoms with E-state index in [1.54, 1.807) is 18.3 Å². The fraction of sp³-hybridized carbons (Fsp3) is 0.294. The van der Waals surface area contributed by atoms with Crippen LogP contribution >= 0.6 is 0 Å².